The van der Waals surface area contributed by atoms with Crippen molar-refractivity contribution in [1.29, 1.82) is 5.26 Å². The molecule has 1 aliphatic heterocycles. The summed E-state index contributed by atoms with van der Waals surface area (Å²) in [5, 5.41) is 12.3. The zero-order chi connectivity index (χ0) is 13.1. The van der Waals surface area contributed by atoms with E-state index in [2.05, 4.69) is 37.1 Å². The van der Waals surface area contributed by atoms with E-state index in [1.54, 1.807) is 0 Å². The molecule has 4 unspecified atom stereocenters. The van der Waals surface area contributed by atoms with E-state index < -0.39 is 5.54 Å². The summed E-state index contributed by atoms with van der Waals surface area (Å²) in [7, 11) is 1.87. The van der Waals surface area contributed by atoms with E-state index in [-0.39, 0.29) is 0 Å². The van der Waals surface area contributed by atoms with Gasteiger partial charge in [0, 0.05) is 19.1 Å². The van der Waals surface area contributed by atoms with Gasteiger partial charge in [-0.25, -0.2) is 0 Å². The van der Waals surface area contributed by atoms with Crippen molar-refractivity contribution in [2.24, 2.45) is 11.8 Å². The molecule has 0 aromatic rings. The van der Waals surface area contributed by atoms with E-state index in [4.69, 9.17) is 0 Å². The van der Waals surface area contributed by atoms with Gasteiger partial charge in [-0.15, -0.1) is 0 Å². The number of piperidine rings is 1. The molecule has 3 heteroatoms. The number of rotatable bonds is 4. The standard InChI is InChI=1S/C14H27N3/c1-11-6-12(2)9-17(8-11)13(3)7-14(4,10-15)16-5/h11-13,16H,6-9H2,1-5H3. The minimum atomic E-state index is -0.399. The molecule has 0 saturated carbocycles. The molecule has 0 aromatic carbocycles. The van der Waals surface area contributed by atoms with Crippen LogP contribution in [0.1, 0.15) is 40.5 Å². The zero-order valence-electron chi connectivity index (χ0n) is 12.0. The normalized spacial score (nSPS) is 31.5. The molecular formula is C14H27N3. The van der Waals surface area contributed by atoms with Gasteiger partial charge in [-0.05, 0) is 45.6 Å². The van der Waals surface area contributed by atoms with Gasteiger partial charge in [-0.3, -0.25) is 0 Å². The maximum absolute atomic E-state index is 9.21. The SMILES string of the molecule is CNC(C)(C#N)CC(C)N1CC(C)CC(C)C1. The highest BCUT2D eigenvalue weighted by molar-refractivity contribution is 5.04. The van der Waals surface area contributed by atoms with Gasteiger partial charge in [0.2, 0.25) is 0 Å². The Morgan fingerprint density at radius 3 is 2.35 bits per heavy atom. The van der Waals surface area contributed by atoms with Crippen LogP contribution in [0.4, 0.5) is 0 Å². The van der Waals surface area contributed by atoms with Crippen molar-refractivity contribution in [2.75, 3.05) is 20.1 Å². The monoisotopic (exact) mass is 237 g/mol. The lowest BCUT2D eigenvalue weighted by Gasteiger charge is -2.40. The maximum Gasteiger partial charge on any atom is 0.105 e. The van der Waals surface area contributed by atoms with Gasteiger partial charge in [0.05, 0.1) is 6.07 Å². The van der Waals surface area contributed by atoms with E-state index in [0.29, 0.717) is 6.04 Å². The third-order valence-corrected chi connectivity index (χ3v) is 4.02. The third kappa shape index (κ3) is 3.97. The highest BCUT2D eigenvalue weighted by Gasteiger charge is 2.30. The summed E-state index contributed by atoms with van der Waals surface area (Å²) in [5.74, 6) is 1.56. The fourth-order valence-corrected chi connectivity index (χ4v) is 2.99. The molecule has 0 radical (unpaired) electrons. The topological polar surface area (TPSA) is 39.1 Å². The first-order valence-corrected chi connectivity index (χ1v) is 6.74. The molecule has 4 atom stereocenters. The summed E-state index contributed by atoms with van der Waals surface area (Å²) >= 11 is 0. The zero-order valence-corrected chi connectivity index (χ0v) is 12.0. The Bertz CT molecular complexity index is 274. The second-order valence-electron chi connectivity index (χ2n) is 6.15. The Balaban J connectivity index is 2.58. The smallest absolute Gasteiger partial charge is 0.105 e. The van der Waals surface area contributed by atoms with Gasteiger partial charge >= 0.3 is 0 Å². The second-order valence-corrected chi connectivity index (χ2v) is 6.15. The van der Waals surface area contributed by atoms with Crippen molar-refractivity contribution < 1.29 is 0 Å². The van der Waals surface area contributed by atoms with E-state index in [1.165, 1.54) is 19.5 Å². The predicted octanol–water partition coefficient (Wildman–Crippen LogP) is 2.24. The predicted molar refractivity (Wildman–Crippen MR) is 71.7 cm³/mol. The Morgan fingerprint density at radius 2 is 1.94 bits per heavy atom. The molecule has 1 N–H and O–H groups in total. The summed E-state index contributed by atoms with van der Waals surface area (Å²) < 4.78 is 0. The van der Waals surface area contributed by atoms with Crippen molar-refractivity contribution in [1.82, 2.24) is 10.2 Å². The lowest BCUT2D eigenvalue weighted by atomic mass is 9.88. The highest BCUT2D eigenvalue weighted by atomic mass is 15.2. The molecular weight excluding hydrogens is 210 g/mol. The molecule has 17 heavy (non-hydrogen) atoms. The summed E-state index contributed by atoms with van der Waals surface area (Å²) in [6.45, 7) is 11.2. The van der Waals surface area contributed by atoms with Crippen LogP contribution in [-0.4, -0.2) is 36.6 Å². The van der Waals surface area contributed by atoms with E-state index in [0.717, 1.165) is 18.3 Å². The highest BCUT2D eigenvalue weighted by Crippen LogP contribution is 2.25. The van der Waals surface area contributed by atoms with Crippen molar-refractivity contribution in [3.63, 3.8) is 0 Å². The summed E-state index contributed by atoms with van der Waals surface area (Å²) in [6.07, 6.45) is 2.23. The van der Waals surface area contributed by atoms with Crippen LogP contribution in [-0.2, 0) is 0 Å². The van der Waals surface area contributed by atoms with E-state index in [1.807, 2.05) is 14.0 Å². The minimum absolute atomic E-state index is 0.399. The van der Waals surface area contributed by atoms with Crippen LogP contribution < -0.4 is 5.32 Å². The average Bonchev–Trinajstić information content (AvgIpc) is 2.27. The number of hydrogen-bond acceptors (Lipinski definition) is 3. The number of nitrogens with one attached hydrogen (secondary N) is 1. The molecule has 3 nitrogen and oxygen atoms in total. The molecule has 0 amide bonds. The second kappa shape index (κ2) is 5.84. The van der Waals surface area contributed by atoms with Crippen LogP contribution in [0.15, 0.2) is 0 Å². The number of hydrogen-bond donors (Lipinski definition) is 1. The lowest BCUT2D eigenvalue weighted by molar-refractivity contribution is 0.0898. The first-order chi connectivity index (χ1) is 7.90. The number of nitrogens with zero attached hydrogens (tertiary/aromatic N) is 2. The quantitative estimate of drug-likeness (QED) is 0.815. The fourth-order valence-electron chi connectivity index (χ4n) is 2.99. The molecule has 0 spiro atoms. The van der Waals surface area contributed by atoms with Crippen LogP contribution in [0.25, 0.3) is 0 Å². The summed E-state index contributed by atoms with van der Waals surface area (Å²) in [6, 6.07) is 2.85. The van der Waals surface area contributed by atoms with Crippen LogP contribution >= 0.6 is 0 Å². The maximum atomic E-state index is 9.21. The molecule has 1 fully saturated rings. The van der Waals surface area contributed by atoms with Crippen LogP contribution in [0, 0.1) is 23.2 Å². The van der Waals surface area contributed by atoms with Gasteiger partial charge in [-0.2, -0.15) is 5.26 Å². The Labute approximate surface area is 106 Å². The summed E-state index contributed by atoms with van der Waals surface area (Å²) in [5.41, 5.74) is -0.399. The van der Waals surface area contributed by atoms with Crippen molar-refractivity contribution >= 4 is 0 Å². The molecule has 0 aliphatic carbocycles. The number of nitriles is 1. The van der Waals surface area contributed by atoms with Gasteiger partial charge in [0.15, 0.2) is 0 Å². The summed E-state index contributed by atoms with van der Waals surface area (Å²) in [4.78, 5) is 2.55. The van der Waals surface area contributed by atoms with Crippen LogP contribution in [0.2, 0.25) is 0 Å². The molecule has 1 aliphatic rings. The van der Waals surface area contributed by atoms with E-state index >= 15 is 0 Å². The largest absolute Gasteiger partial charge is 0.303 e. The molecule has 0 bridgehead atoms. The van der Waals surface area contributed by atoms with Gasteiger partial charge in [0.1, 0.15) is 5.54 Å². The molecule has 1 rings (SSSR count). The minimum Gasteiger partial charge on any atom is -0.303 e. The van der Waals surface area contributed by atoms with E-state index in [9.17, 15) is 5.26 Å². The van der Waals surface area contributed by atoms with Crippen molar-refractivity contribution in [3.8, 4) is 6.07 Å². The molecule has 0 aromatic heterocycles. The first kappa shape index (κ1) is 14.5. The van der Waals surface area contributed by atoms with Crippen molar-refractivity contribution in [3.05, 3.63) is 0 Å². The lowest BCUT2D eigenvalue weighted by Crippen LogP contribution is -2.49. The molecule has 1 saturated heterocycles. The third-order valence-electron chi connectivity index (χ3n) is 4.02. The van der Waals surface area contributed by atoms with Crippen LogP contribution in [0.3, 0.4) is 0 Å². The van der Waals surface area contributed by atoms with Gasteiger partial charge in [0.25, 0.3) is 0 Å². The Kier molecular flexibility index (Phi) is 4.97. The number of likely N-dealkylation sites (tertiary alicyclic amines) is 1. The molecule has 1 heterocycles. The van der Waals surface area contributed by atoms with Gasteiger partial charge < -0.3 is 10.2 Å². The fraction of sp³-hybridized carbons (Fsp3) is 0.929. The van der Waals surface area contributed by atoms with Crippen molar-refractivity contribution in [2.45, 2.75) is 52.1 Å². The first-order valence-electron chi connectivity index (χ1n) is 6.74. The average molecular weight is 237 g/mol. The van der Waals surface area contributed by atoms with Crippen LogP contribution in [0.5, 0.6) is 0 Å². The Hall–Kier alpha value is -0.590. The Morgan fingerprint density at radius 1 is 1.41 bits per heavy atom. The molecule has 98 valence electrons. The van der Waals surface area contributed by atoms with Gasteiger partial charge in [-0.1, -0.05) is 13.8 Å².